The number of aromatic amines is 1. The SMILES string of the molecule is CCN(Cc1cc(C)ccc1OC)c1c(N)n(Cc2ccccc2)c(=O)[nH]c1=O. The van der Waals surface area contributed by atoms with E-state index in [2.05, 4.69) is 4.98 Å². The highest BCUT2D eigenvalue weighted by Gasteiger charge is 2.19. The van der Waals surface area contributed by atoms with Gasteiger partial charge in [-0.25, -0.2) is 4.79 Å². The number of nitrogens with one attached hydrogen (secondary N) is 1. The van der Waals surface area contributed by atoms with Crippen LogP contribution >= 0.6 is 0 Å². The molecule has 0 atom stereocenters. The number of aromatic nitrogens is 2. The maximum absolute atomic E-state index is 12.7. The average molecular weight is 394 g/mol. The highest BCUT2D eigenvalue weighted by molar-refractivity contribution is 5.63. The first-order valence-electron chi connectivity index (χ1n) is 9.49. The van der Waals surface area contributed by atoms with Gasteiger partial charge in [0.25, 0.3) is 5.56 Å². The fourth-order valence-electron chi connectivity index (χ4n) is 3.39. The number of H-pyrrole nitrogens is 1. The quantitative estimate of drug-likeness (QED) is 0.642. The first-order valence-corrected chi connectivity index (χ1v) is 9.49. The van der Waals surface area contributed by atoms with Gasteiger partial charge in [-0.05, 0) is 25.5 Å². The van der Waals surface area contributed by atoms with Crippen molar-refractivity contribution in [3.8, 4) is 5.75 Å². The zero-order chi connectivity index (χ0) is 21.0. The van der Waals surface area contributed by atoms with Crippen molar-refractivity contribution < 1.29 is 4.74 Å². The van der Waals surface area contributed by atoms with Crippen LogP contribution in [-0.4, -0.2) is 23.2 Å². The molecule has 0 saturated heterocycles. The Hall–Kier alpha value is -3.48. The number of aryl methyl sites for hydroxylation is 1. The Kier molecular flexibility index (Phi) is 6.07. The second kappa shape index (κ2) is 8.68. The molecule has 0 unspecified atom stereocenters. The van der Waals surface area contributed by atoms with E-state index in [4.69, 9.17) is 10.5 Å². The van der Waals surface area contributed by atoms with E-state index >= 15 is 0 Å². The van der Waals surface area contributed by atoms with Crippen molar-refractivity contribution in [2.45, 2.75) is 26.9 Å². The van der Waals surface area contributed by atoms with Gasteiger partial charge in [-0.1, -0.05) is 48.0 Å². The third-order valence-electron chi connectivity index (χ3n) is 4.89. The molecule has 0 fully saturated rings. The molecule has 0 spiro atoms. The van der Waals surface area contributed by atoms with Gasteiger partial charge in [0.2, 0.25) is 0 Å². The molecule has 2 aromatic carbocycles. The molecule has 3 aromatic rings. The van der Waals surface area contributed by atoms with Crippen LogP contribution < -0.4 is 26.6 Å². The lowest BCUT2D eigenvalue weighted by Crippen LogP contribution is -2.38. The van der Waals surface area contributed by atoms with Crippen LogP contribution in [-0.2, 0) is 13.1 Å². The average Bonchev–Trinajstić information content (AvgIpc) is 2.71. The summed E-state index contributed by atoms with van der Waals surface area (Å²) >= 11 is 0. The first-order chi connectivity index (χ1) is 13.9. The summed E-state index contributed by atoms with van der Waals surface area (Å²) in [7, 11) is 1.62. The number of hydrogen-bond acceptors (Lipinski definition) is 5. The molecule has 0 aliphatic carbocycles. The Morgan fingerprint density at radius 3 is 2.52 bits per heavy atom. The second-order valence-corrected chi connectivity index (χ2v) is 6.89. The van der Waals surface area contributed by atoms with Crippen LogP contribution in [0.2, 0.25) is 0 Å². The van der Waals surface area contributed by atoms with E-state index in [1.165, 1.54) is 4.57 Å². The van der Waals surface area contributed by atoms with Crippen molar-refractivity contribution in [2.24, 2.45) is 0 Å². The van der Waals surface area contributed by atoms with Crippen molar-refractivity contribution in [3.63, 3.8) is 0 Å². The van der Waals surface area contributed by atoms with E-state index in [9.17, 15) is 9.59 Å². The largest absolute Gasteiger partial charge is 0.496 e. The highest BCUT2D eigenvalue weighted by atomic mass is 16.5. The van der Waals surface area contributed by atoms with E-state index in [0.29, 0.717) is 13.1 Å². The van der Waals surface area contributed by atoms with Crippen molar-refractivity contribution in [1.82, 2.24) is 9.55 Å². The number of hydrogen-bond donors (Lipinski definition) is 2. The normalized spacial score (nSPS) is 10.7. The lowest BCUT2D eigenvalue weighted by atomic mass is 10.1. The summed E-state index contributed by atoms with van der Waals surface area (Å²) in [4.78, 5) is 29.3. The fourth-order valence-corrected chi connectivity index (χ4v) is 3.39. The van der Waals surface area contributed by atoms with Gasteiger partial charge < -0.3 is 15.4 Å². The number of methoxy groups -OCH3 is 1. The Bertz CT molecular complexity index is 1100. The molecule has 7 nitrogen and oxygen atoms in total. The van der Waals surface area contributed by atoms with Gasteiger partial charge in [0, 0.05) is 18.7 Å². The van der Waals surface area contributed by atoms with E-state index in [1.54, 1.807) is 7.11 Å². The zero-order valence-electron chi connectivity index (χ0n) is 16.9. The van der Waals surface area contributed by atoms with Gasteiger partial charge >= 0.3 is 5.69 Å². The van der Waals surface area contributed by atoms with Gasteiger partial charge in [-0.3, -0.25) is 14.3 Å². The summed E-state index contributed by atoms with van der Waals surface area (Å²) < 4.78 is 6.86. The molecule has 1 aromatic heterocycles. The van der Waals surface area contributed by atoms with Gasteiger partial charge in [-0.15, -0.1) is 0 Å². The molecule has 0 radical (unpaired) electrons. The summed E-state index contributed by atoms with van der Waals surface area (Å²) in [5, 5.41) is 0. The summed E-state index contributed by atoms with van der Waals surface area (Å²) in [5.41, 5.74) is 8.55. The number of ether oxygens (including phenoxy) is 1. The Labute approximate surface area is 169 Å². The summed E-state index contributed by atoms with van der Waals surface area (Å²) in [6.45, 7) is 5.18. The number of benzene rings is 2. The molecule has 3 rings (SSSR count). The second-order valence-electron chi connectivity index (χ2n) is 6.89. The maximum atomic E-state index is 12.7. The third kappa shape index (κ3) is 4.34. The Balaban J connectivity index is 2.04. The van der Waals surface area contributed by atoms with Crippen LogP contribution in [0.1, 0.15) is 23.6 Å². The monoisotopic (exact) mass is 394 g/mol. The van der Waals surface area contributed by atoms with Crippen LogP contribution in [0.4, 0.5) is 11.5 Å². The molecule has 0 aliphatic rings. The topological polar surface area (TPSA) is 93.3 Å². The standard InChI is InChI=1S/C22H26N4O3/c1-4-25(14-17-12-15(2)10-11-18(17)29-3)19-20(23)26(22(28)24-21(19)27)13-16-8-6-5-7-9-16/h5-12H,4,13-14,23H2,1-3H3,(H,24,27,28). The molecule has 7 heteroatoms. The minimum absolute atomic E-state index is 0.149. The van der Waals surface area contributed by atoms with E-state index < -0.39 is 11.2 Å². The van der Waals surface area contributed by atoms with Crippen molar-refractivity contribution in [3.05, 3.63) is 86.1 Å². The fraction of sp³-hybridized carbons (Fsp3) is 0.273. The molecule has 152 valence electrons. The van der Waals surface area contributed by atoms with E-state index in [1.807, 2.05) is 67.3 Å². The van der Waals surface area contributed by atoms with E-state index in [-0.39, 0.29) is 18.1 Å². The minimum atomic E-state index is -0.524. The lowest BCUT2D eigenvalue weighted by Gasteiger charge is -2.26. The lowest BCUT2D eigenvalue weighted by molar-refractivity contribution is 0.409. The molecule has 0 bridgehead atoms. The highest BCUT2D eigenvalue weighted by Crippen LogP contribution is 2.25. The molecular weight excluding hydrogens is 368 g/mol. The Morgan fingerprint density at radius 2 is 1.86 bits per heavy atom. The van der Waals surface area contributed by atoms with Crippen molar-refractivity contribution in [2.75, 3.05) is 24.3 Å². The number of rotatable bonds is 7. The van der Waals surface area contributed by atoms with Gasteiger partial charge in [0.05, 0.1) is 13.7 Å². The van der Waals surface area contributed by atoms with Crippen LogP contribution in [0, 0.1) is 6.92 Å². The van der Waals surface area contributed by atoms with Gasteiger partial charge in [-0.2, -0.15) is 0 Å². The first kappa shape index (κ1) is 20.3. The van der Waals surface area contributed by atoms with Gasteiger partial charge in [0.15, 0.2) is 0 Å². The van der Waals surface area contributed by atoms with Crippen LogP contribution in [0.15, 0.2) is 58.1 Å². The van der Waals surface area contributed by atoms with E-state index in [0.717, 1.165) is 22.4 Å². The van der Waals surface area contributed by atoms with Crippen LogP contribution in [0.3, 0.4) is 0 Å². The summed E-state index contributed by atoms with van der Waals surface area (Å²) in [6, 6.07) is 15.4. The number of nitrogen functional groups attached to an aromatic ring is 1. The van der Waals surface area contributed by atoms with Crippen LogP contribution in [0.25, 0.3) is 0 Å². The molecule has 1 heterocycles. The zero-order valence-corrected chi connectivity index (χ0v) is 16.9. The van der Waals surface area contributed by atoms with Crippen molar-refractivity contribution >= 4 is 11.5 Å². The van der Waals surface area contributed by atoms with Crippen molar-refractivity contribution in [1.29, 1.82) is 0 Å². The number of nitrogens with two attached hydrogens (primary N) is 1. The maximum Gasteiger partial charge on any atom is 0.330 e. The predicted molar refractivity (Wildman–Crippen MR) is 116 cm³/mol. The third-order valence-corrected chi connectivity index (χ3v) is 4.89. The summed E-state index contributed by atoms with van der Waals surface area (Å²) in [5.74, 6) is 0.887. The molecule has 0 aliphatic heterocycles. The van der Waals surface area contributed by atoms with Crippen LogP contribution in [0.5, 0.6) is 5.75 Å². The molecule has 3 N–H and O–H groups in total. The predicted octanol–water partition coefficient (Wildman–Crippen LogP) is 2.51. The minimum Gasteiger partial charge on any atom is -0.496 e. The molecular formula is C22H26N4O3. The number of anilines is 2. The van der Waals surface area contributed by atoms with Gasteiger partial charge in [0.1, 0.15) is 17.3 Å². The smallest absolute Gasteiger partial charge is 0.330 e. The molecule has 29 heavy (non-hydrogen) atoms. The Morgan fingerprint density at radius 1 is 1.14 bits per heavy atom. The molecule has 0 saturated carbocycles. The summed E-state index contributed by atoms with van der Waals surface area (Å²) in [6.07, 6.45) is 0. The molecule has 0 amide bonds. The number of nitrogens with zero attached hydrogens (tertiary/aromatic N) is 2.